The van der Waals surface area contributed by atoms with Crippen molar-refractivity contribution in [1.82, 2.24) is 9.55 Å². The maximum Gasteiger partial charge on any atom is 0.262 e. The zero-order valence-corrected chi connectivity index (χ0v) is 16.6. The molecule has 1 aliphatic rings. The second-order valence-electron chi connectivity index (χ2n) is 7.36. The van der Waals surface area contributed by atoms with Crippen LogP contribution in [0.3, 0.4) is 0 Å². The molecule has 0 saturated carbocycles. The number of aryl methyl sites for hydroxylation is 1. The summed E-state index contributed by atoms with van der Waals surface area (Å²) in [5, 5.41) is 3.39. The lowest BCUT2D eigenvalue weighted by molar-refractivity contribution is -0.116. The van der Waals surface area contributed by atoms with Gasteiger partial charge in [-0.05, 0) is 49.8 Å². The summed E-state index contributed by atoms with van der Waals surface area (Å²) in [4.78, 5) is 43.7. The van der Waals surface area contributed by atoms with E-state index in [0.29, 0.717) is 22.6 Å². The van der Waals surface area contributed by atoms with Gasteiger partial charge in [-0.1, -0.05) is 19.1 Å². The Hall–Kier alpha value is -2.80. The SMILES string of the molecule is CC(=O)c1ccccc1NC(=O)Cn1cnc2sc3c(c2c1=O)CC[C@@H](C)C3. The summed E-state index contributed by atoms with van der Waals surface area (Å²) in [7, 11) is 0. The average Bonchev–Trinajstić information content (AvgIpc) is 3.02. The molecule has 1 atom stereocenters. The van der Waals surface area contributed by atoms with Gasteiger partial charge in [-0.2, -0.15) is 0 Å². The molecule has 0 aliphatic heterocycles. The molecule has 1 N–H and O–H groups in total. The van der Waals surface area contributed by atoms with Crippen LogP contribution in [0.25, 0.3) is 10.2 Å². The van der Waals surface area contributed by atoms with Crippen LogP contribution in [-0.2, 0) is 24.2 Å². The molecule has 144 valence electrons. The molecular formula is C21H21N3O3S. The van der Waals surface area contributed by atoms with Gasteiger partial charge in [0.2, 0.25) is 5.91 Å². The first-order valence-electron chi connectivity index (χ1n) is 9.33. The quantitative estimate of drug-likeness (QED) is 0.687. The molecule has 0 unspecified atom stereocenters. The number of rotatable bonds is 4. The lowest BCUT2D eigenvalue weighted by Gasteiger charge is -2.17. The van der Waals surface area contributed by atoms with Crippen molar-refractivity contribution in [2.75, 3.05) is 5.32 Å². The van der Waals surface area contributed by atoms with Crippen LogP contribution in [0.2, 0.25) is 0 Å². The topological polar surface area (TPSA) is 81.1 Å². The monoisotopic (exact) mass is 395 g/mol. The normalized spacial score (nSPS) is 16.0. The van der Waals surface area contributed by atoms with Crippen LogP contribution in [0.1, 0.15) is 41.1 Å². The number of hydrogen-bond acceptors (Lipinski definition) is 5. The Balaban J connectivity index is 1.62. The Labute approximate surface area is 166 Å². The van der Waals surface area contributed by atoms with Crippen LogP contribution in [-0.4, -0.2) is 21.2 Å². The first-order chi connectivity index (χ1) is 13.4. The minimum absolute atomic E-state index is 0.129. The maximum atomic E-state index is 13.0. The van der Waals surface area contributed by atoms with Crippen molar-refractivity contribution in [1.29, 1.82) is 0 Å². The smallest absolute Gasteiger partial charge is 0.262 e. The molecule has 2 heterocycles. The summed E-state index contributed by atoms with van der Waals surface area (Å²) in [6.45, 7) is 3.53. The van der Waals surface area contributed by atoms with E-state index in [-0.39, 0.29) is 23.8 Å². The molecule has 3 aromatic rings. The third-order valence-electron chi connectivity index (χ3n) is 5.18. The zero-order chi connectivity index (χ0) is 19.8. The van der Waals surface area contributed by atoms with E-state index >= 15 is 0 Å². The summed E-state index contributed by atoms with van der Waals surface area (Å²) in [6, 6.07) is 6.83. The van der Waals surface area contributed by atoms with Crippen LogP contribution in [0, 0.1) is 5.92 Å². The highest BCUT2D eigenvalue weighted by atomic mass is 32.1. The number of hydrogen-bond donors (Lipinski definition) is 1. The van der Waals surface area contributed by atoms with Crippen molar-refractivity contribution >= 4 is 38.9 Å². The van der Waals surface area contributed by atoms with Crippen LogP contribution >= 0.6 is 11.3 Å². The summed E-state index contributed by atoms with van der Waals surface area (Å²) in [6.07, 6.45) is 4.37. The van der Waals surface area contributed by atoms with E-state index in [4.69, 9.17) is 0 Å². The van der Waals surface area contributed by atoms with E-state index in [1.54, 1.807) is 35.6 Å². The van der Waals surface area contributed by atoms with Crippen LogP contribution in [0.5, 0.6) is 0 Å². The van der Waals surface area contributed by atoms with Gasteiger partial charge in [0.15, 0.2) is 5.78 Å². The molecule has 1 amide bonds. The molecular weight excluding hydrogens is 374 g/mol. The Kier molecular flexibility index (Phi) is 4.85. The van der Waals surface area contributed by atoms with Gasteiger partial charge in [-0.3, -0.25) is 19.0 Å². The second-order valence-corrected chi connectivity index (χ2v) is 8.44. The zero-order valence-electron chi connectivity index (χ0n) is 15.8. The number of fused-ring (bicyclic) bond motifs is 3. The molecule has 2 aromatic heterocycles. The first kappa shape index (κ1) is 18.6. The average molecular weight is 395 g/mol. The van der Waals surface area contributed by atoms with Crippen LogP contribution in [0.15, 0.2) is 35.4 Å². The maximum absolute atomic E-state index is 13.0. The van der Waals surface area contributed by atoms with Crippen molar-refractivity contribution in [3.05, 3.63) is 57.0 Å². The number of para-hydroxylation sites is 1. The minimum Gasteiger partial charge on any atom is -0.324 e. The Morgan fingerprint density at radius 1 is 1.32 bits per heavy atom. The standard InChI is InChI=1S/C21H21N3O3S/c1-12-7-8-15-17(9-12)28-20-19(15)21(27)24(11-22-20)10-18(26)23-16-6-4-3-5-14(16)13(2)25/h3-6,11-12H,7-10H2,1-2H3,(H,23,26)/t12-/m1/s1. The largest absolute Gasteiger partial charge is 0.324 e. The number of Topliss-reactive ketones (excluding diaryl/α,β-unsaturated/α-hetero) is 1. The highest BCUT2D eigenvalue weighted by Gasteiger charge is 2.23. The molecule has 0 fully saturated rings. The number of anilines is 1. The van der Waals surface area contributed by atoms with Gasteiger partial charge in [0.1, 0.15) is 11.4 Å². The summed E-state index contributed by atoms with van der Waals surface area (Å²) in [5.41, 5.74) is 1.82. The highest BCUT2D eigenvalue weighted by Crippen LogP contribution is 2.35. The molecule has 1 aliphatic carbocycles. The fourth-order valence-corrected chi connectivity index (χ4v) is 5.06. The molecule has 0 radical (unpaired) electrons. The molecule has 0 saturated heterocycles. The first-order valence-corrected chi connectivity index (χ1v) is 10.1. The van der Waals surface area contributed by atoms with Crippen LogP contribution < -0.4 is 10.9 Å². The third kappa shape index (κ3) is 3.38. The van der Waals surface area contributed by atoms with Crippen molar-refractivity contribution in [2.45, 2.75) is 39.7 Å². The van der Waals surface area contributed by atoms with E-state index in [0.717, 1.165) is 29.7 Å². The predicted molar refractivity (Wildman–Crippen MR) is 110 cm³/mol. The number of nitrogens with one attached hydrogen (secondary N) is 1. The number of carbonyl (C=O) groups excluding carboxylic acids is 2. The number of benzene rings is 1. The molecule has 0 spiro atoms. The van der Waals surface area contributed by atoms with Gasteiger partial charge in [0.25, 0.3) is 5.56 Å². The molecule has 4 rings (SSSR count). The van der Waals surface area contributed by atoms with Crippen molar-refractivity contribution < 1.29 is 9.59 Å². The third-order valence-corrected chi connectivity index (χ3v) is 6.34. The number of thiophene rings is 1. The Morgan fingerprint density at radius 3 is 2.89 bits per heavy atom. The van der Waals surface area contributed by atoms with Crippen molar-refractivity contribution in [2.24, 2.45) is 5.92 Å². The van der Waals surface area contributed by atoms with Gasteiger partial charge in [0.05, 0.1) is 17.4 Å². The lowest BCUT2D eigenvalue weighted by Crippen LogP contribution is -2.28. The van der Waals surface area contributed by atoms with Gasteiger partial charge < -0.3 is 5.32 Å². The van der Waals surface area contributed by atoms with Gasteiger partial charge in [-0.15, -0.1) is 11.3 Å². The highest BCUT2D eigenvalue weighted by molar-refractivity contribution is 7.18. The number of nitrogens with zero attached hydrogens (tertiary/aromatic N) is 2. The summed E-state index contributed by atoms with van der Waals surface area (Å²) >= 11 is 1.59. The van der Waals surface area contributed by atoms with Crippen LogP contribution in [0.4, 0.5) is 5.69 Å². The number of carbonyl (C=O) groups is 2. The molecule has 1 aromatic carbocycles. The van der Waals surface area contributed by atoms with Gasteiger partial charge in [0, 0.05) is 10.4 Å². The molecule has 28 heavy (non-hydrogen) atoms. The van der Waals surface area contributed by atoms with E-state index in [1.807, 2.05) is 0 Å². The van der Waals surface area contributed by atoms with E-state index in [9.17, 15) is 14.4 Å². The number of amides is 1. The summed E-state index contributed by atoms with van der Waals surface area (Å²) in [5.74, 6) is 0.125. The van der Waals surface area contributed by atoms with E-state index < -0.39 is 0 Å². The van der Waals surface area contributed by atoms with Crippen molar-refractivity contribution in [3.63, 3.8) is 0 Å². The van der Waals surface area contributed by atoms with Gasteiger partial charge in [-0.25, -0.2) is 4.98 Å². The lowest BCUT2D eigenvalue weighted by atomic mass is 9.89. The molecule has 6 nitrogen and oxygen atoms in total. The second kappa shape index (κ2) is 7.31. The minimum atomic E-state index is -0.366. The fourth-order valence-electron chi connectivity index (χ4n) is 3.72. The molecule has 7 heteroatoms. The Morgan fingerprint density at radius 2 is 2.11 bits per heavy atom. The Bertz CT molecular complexity index is 1150. The predicted octanol–water partition coefficient (Wildman–Crippen LogP) is 3.42. The number of aromatic nitrogens is 2. The number of ketones is 1. The van der Waals surface area contributed by atoms with E-state index in [1.165, 1.54) is 22.7 Å². The van der Waals surface area contributed by atoms with E-state index in [2.05, 4.69) is 17.2 Å². The molecule has 0 bridgehead atoms. The fraction of sp³-hybridized carbons (Fsp3) is 0.333. The summed E-state index contributed by atoms with van der Waals surface area (Å²) < 4.78 is 1.35. The van der Waals surface area contributed by atoms with Crippen molar-refractivity contribution in [3.8, 4) is 0 Å². The van der Waals surface area contributed by atoms with Gasteiger partial charge >= 0.3 is 0 Å².